The van der Waals surface area contributed by atoms with Crippen LogP contribution < -0.4 is 0 Å². The molecule has 0 saturated heterocycles. The van der Waals surface area contributed by atoms with Crippen LogP contribution in [0, 0.1) is 0 Å². The first-order chi connectivity index (χ1) is 13.0. The molecule has 0 radical (unpaired) electrons. The van der Waals surface area contributed by atoms with E-state index in [2.05, 4.69) is 4.74 Å². The Morgan fingerprint density at radius 1 is 0.963 bits per heavy atom. The van der Waals surface area contributed by atoms with E-state index in [4.69, 9.17) is 27.9 Å². The van der Waals surface area contributed by atoms with Crippen molar-refractivity contribution in [1.29, 1.82) is 0 Å². The lowest BCUT2D eigenvalue weighted by atomic mass is 10.0. The molecule has 0 spiro atoms. The minimum Gasteiger partial charge on any atom is -0.469 e. The van der Waals surface area contributed by atoms with Crippen LogP contribution in [0.4, 0.5) is 0 Å². The molecule has 0 fully saturated rings. The number of allylic oxidation sites excluding steroid dienone is 1. The first-order valence-corrected chi connectivity index (χ1v) is 10.0. The summed E-state index contributed by atoms with van der Waals surface area (Å²) in [5.41, 5.74) is 1.51. The first kappa shape index (κ1) is 23.5. The average Bonchev–Trinajstić information content (AvgIpc) is 2.66. The maximum absolute atomic E-state index is 11.6. The zero-order valence-electron chi connectivity index (χ0n) is 16.1. The molecule has 4 nitrogen and oxygen atoms in total. The van der Waals surface area contributed by atoms with Crippen LogP contribution >= 0.6 is 23.2 Å². The Hall–Kier alpha value is -1.52. The molecule has 27 heavy (non-hydrogen) atoms. The molecule has 0 saturated carbocycles. The smallest absolute Gasteiger partial charge is 0.333 e. The predicted molar refractivity (Wildman–Crippen MR) is 109 cm³/mol. The highest BCUT2D eigenvalue weighted by Gasteiger charge is 2.14. The molecule has 0 heterocycles. The van der Waals surface area contributed by atoms with Crippen LogP contribution in [-0.2, 0) is 25.5 Å². The molecule has 0 aliphatic carbocycles. The molecule has 150 valence electrons. The highest BCUT2D eigenvalue weighted by molar-refractivity contribution is 6.35. The van der Waals surface area contributed by atoms with E-state index in [1.165, 1.54) is 20.6 Å². The van der Waals surface area contributed by atoms with Gasteiger partial charge in [-0.15, -0.1) is 0 Å². The van der Waals surface area contributed by atoms with Crippen LogP contribution in [0.15, 0.2) is 29.8 Å². The van der Waals surface area contributed by atoms with Crippen LogP contribution in [0.3, 0.4) is 0 Å². The lowest BCUT2D eigenvalue weighted by Gasteiger charge is -2.06. The van der Waals surface area contributed by atoms with Crippen LogP contribution in [0.2, 0.25) is 10.0 Å². The van der Waals surface area contributed by atoms with Crippen molar-refractivity contribution in [2.45, 2.75) is 57.8 Å². The Kier molecular flexibility index (Phi) is 11.9. The van der Waals surface area contributed by atoms with Crippen LogP contribution in [0.5, 0.6) is 0 Å². The van der Waals surface area contributed by atoms with Gasteiger partial charge in [-0.05, 0) is 43.4 Å². The third kappa shape index (κ3) is 9.83. The van der Waals surface area contributed by atoms with E-state index >= 15 is 0 Å². The predicted octanol–water partition coefficient (Wildman–Crippen LogP) is 5.93. The van der Waals surface area contributed by atoms with Gasteiger partial charge in [-0.3, -0.25) is 4.79 Å². The first-order valence-electron chi connectivity index (χ1n) is 9.26. The fourth-order valence-corrected chi connectivity index (χ4v) is 3.26. The fourth-order valence-electron chi connectivity index (χ4n) is 2.75. The van der Waals surface area contributed by atoms with Crippen LogP contribution in [0.1, 0.15) is 56.9 Å². The number of halogens is 2. The van der Waals surface area contributed by atoms with Gasteiger partial charge < -0.3 is 9.47 Å². The maximum Gasteiger partial charge on any atom is 0.333 e. The van der Waals surface area contributed by atoms with Gasteiger partial charge in [-0.25, -0.2) is 4.79 Å². The van der Waals surface area contributed by atoms with Crippen molar-refractivity contribution in [2.24, 2.45) is 0 Å². The minimum atomic E-state index is -0.471. The largest absolute Gasteiger partial charge is 0.469 e. The minimum absolute atomic E-state index is 0.0452. The topological polar surface area (TPSA) is 52.6 Å². The molecule has 0 aliphatic rings. The van der Waals surface area contributed by atoms with E-state index in [1.54, 1.807) is 12.1 Å². The Bertz CT molecular complexity index is 641. The molecule has 1 aromatic rings. The second-order valence-electron chi connectivity index (χ2n) is 6.37. The lowest BCUT2D eigenvalue weighted by Crippen LogP contribution is -2.11. The third-order valence-corrected chi connectivity index (χ3v) is 4.90. The van der Waals surface area contributed by atoms with Gasteiger partial charge >= 0.3 is 11.9 Å². The summed E-state index contributed by atoms with van der Waals surface area (Å²) in [4.78, 5) is 23.0. The molecule has 6 heteroatoms. The average molecular weight is 415 g/mol. The number of methoxy groups -OCH3 is 2. The van der Waals surface area contributed by atoms with Crippen molar-refractivity contribution in [3.05, 3.63) is 45.5 Å². The number of hydrogen-bond donors (Lipinski definition) is 0. The Morgan fingerprint density at radius 3 is 2.26 bits per heavy atom. The van der Waals surface area contributed by atoms with Crippen LogP contribution in [0.25, 0.3) is 0 Å². The van der Waals surface area contributed by atoms with Crippen molar-refractivity contribution >= 4 is 35.1 Å². The van der Waals surface area contributed by atoms with Gasteiger partial charge in [-0.1, -0.05) is 61.0 Å². The van der Waals surface area contributed by atoms with E-state index in [0.29, 0.717) is 10.6 Å². The van der Waals surface area contributed by atoms with Gasteiger partial charge in [0.15, 0.2) is 0 Å². The van der Waals surface area contributed by atoms with E-state index in [-0.39, 0.29) is 6.42 Å². The fraction of sp³-hybridized carbons (Fsp3) is 0.524. The van der Waals surface area contributed by atoms with E-state index in [1.807, 2.05) is 12.1 Å². The molecule has 1 rings (SSSR count). The Morgan fingerprint density at radius 2 is 1.63 bits per heavy atom. The van der Waals surface area contributed by atoms with Crippen molar-refractivity contribution in [3.63, 3.8) is 0 Å². The summed E-state index contributed by atoms with van der Waals surface area (Å²) in [5, 5.41) is 1.40. The maximum atomic E-state index is 11.6. The van der Waals surface area contributed by atoms with Crippen molar-refractivity contribution < 1.29 is 19.1 Å². The number of unbranched alkanes of at least 4 members (excludes halogenated alkanes) is 6. The zero-order chi connectivity index (χ0) is 20.1. The monoisotopic (exact) mass is 414 g/mol. The van der Waals surface area contributed by atoms with Crippen molar-refractivity contribution in [2.75, 3.05) is 14.2 Å². The summed E-state index contributed by atoms with van der Waals surface area (Å²) in [5.74, 6) is -0.909. The van der Waals surface area contributed by atoms with Gasteiger partial charge in [-0.2, -0.15) is 0 Å². The highest BCUT2D eigenvalue weighted by Crippen LogP contribution is 2.23. The SMILES string of the molecule is COC(=O)CC(=CCCCCCCCCc1ccc(Cl)cc1Cl)C(=O)OC. The number of esters is 2. The summed E-state index contributed by atoms with van der Waals surface area (Å²) < 4.78 is 9.30. The molecule has 0 aromatic heterocycles. The number of carbonyl (C=O) groups is 2. The summed E-state index contributed by atoms with van der Waals surface area (Å²) in [6, 6.07) is 5.65. The number of rotatable bonds is 12. The standard InChI is InChI=1S/C21H28Cl2O4/c1-26-20(24)14-17(21(25)27-2)11-9-7-5-3-4-6-8-10-16-12-13-18(22)15-19(16)23/h11-13,15H,3-10,14H2,1-2H3. The molecule has 0 atom stereocenters. The summed E-state index contributed by atoms with van der Waals surface area (Å²) in [6.45, 7) is 0. The molecule has 0 amide bonds. The Balaban J connectivity index is 2.18. The number of hydrogen-bond acceptors (Lipinski definition) is 4. The number of carbonyl (C=O) groups excluding carboxylic acids is 2. The van der Waals surface area contributed by atoms with Gasteiger partial charge in [0.2, 0.25) is 0 Å². The molecular formula is C21H28Cl2O4. The summed E-state index contributed by atoms with van der Waals surface area (Å²) >= 11 is 12.1. The molecular weight excluding hydrogens is 387 g/mol. The van der Waals surface area contributed by atoms with Crippen LogP contribution in [-0.4, -0.2) is 26.2 Å². The molecule has 1 aromatic carbocycles. The van der Waals surface area contributed by atoms with Gasteiger partial charge in [0.1, 0.15) is 0 Å². The summed E-state index contributed by atoms with van der Waals surface area (Å²) in [7, 11) is 2.61. The second-order valence-corrected chi connectivity index (χ2v) is 7.21. The van der Waals surface area contributed by atoms with E-state index in [0.717, 1.165) is 55.5 Å². The van der Waals surface area contributed by atoms with E-state index < -0.39 is 11.9 Å². The second kappa shape index (κ2) is 13.6. The number of benzene rings is 1. The van der Waals surface area contributed by atoms with Crippen molar-refractivity contribution in [3.8, 4) is 0 Å². The normalized spacial score (nSPS) is 11.3. The molecule has 0 unspecified atom stereocenters. The number of ether oxygens (including phenoxy) is 2. The molecule has 0 N–H and O–H groups in total. The highest BCUT2D eigenvalue weighted by atomic mass is 35.5. The number of aryl methyl sites for hydroxylation is 1. The van der Waals surface area contributed by atoms with Gasteiger partial charge in [0, 0.05) is 15.6 Å². The quantitative estimate of drug-likeness (QED) is 0.241. The Labute approximate surface area is 171 Å². The third-order valence-electron chi connectivity index (χ3n) is 4.32. The van der Waals surface area contributed by atoms with Crippen molar-refractivity contribution in [1.82, 2.24) is 0 Å². The van der Waals surface area contributed by atoms with Gasteiger partial charge in [0.25, 0.3) is 0 Å². The van der Waals surface area contributed by atoms with Gasteiger partial charge in [0.05, 0.1) is 20.6 Å². The lowest BCUT2D eigenvalue weighted by molar-refractivity contribution is -0.143. The molecule has 0 bridgehead atoms. The molecule has 0 aliphatic heterocycles. The zero-order valence-corrected chi connectivity index (χ0v) is 17.6. The summed E-state index contributed by atoms with van der Waals surface area (Å²) in [6.07, 6.45) is 10.1. The van der Waals surface area contributed by atoms with E-state index in [9.17, 15) is 9.59 Å².